The Labute approximate surface area is 155 Å². The molecular formula is C17H17FN2O6S. The second-order valence-electron chi connectivity index (χ2n) is 5.60. The molecular weight excluding hydrogens is 379 g/mol. The van der Waals surface area contributed by atoms with Crippen LogP contribution in [0.4, 0.5) is 4.39 Å². The van der Waals surface area contributed by atoms with Gasteiger partial charge in [-0.05, 0) is 29.8 Å². The lowest BCUT2D eigenvalue weighted by Gasteiger charge is -2.12. The van der Waals surface area contributed by atoms with E-state index in [2.05, 4.69) is 4.98 Å². The zero-order valence-corrected chi connectivity index (χ0v) is 15.1. The van der Waals surface area contributed by atoms with E-state index in [1.165, 1.54) is 31.2 Å². The first-order valence-electron chi connectivity index (χ1n) is 7.73. The van der Waals surface area contributed by atoms with Gasteiger partial charge in [-0.1, -0.05) is 12.1 Å². The lowest BCUT2D eigenvalue weighted by atomic mass is 10.1. The number of aromatic nitrogens is 1. The Morgan fingerprint density at radius 3 is 2.63 bits per heavy atom. The molecule has 1 aromatic carbocycles. The summed E-state index contributed by atoms with van der Waals surface area (Å²) < 4.78 is 43.8. The Hall–Kier alpha value is -2.85. The van der Waals surface area contributed by atoms with Crippen molar-refractivity contribution in [2.24, 2.45) is 0 Å². The highest BCUT2D eigenvalue weighted by atomic mass is 32.2. The minimum absolute atomic E-state index is 0.0367. The van der Waals surface area contributed by atoms with Gasteiger partial charge in [0, 0.05) is 13.1 Å². The molecule has 0 saturated heterocycles. The molecule has 1 unspecified atom stereocenters. The van der Waals surface area contributed by atoms with Crippen LogP contribution in [0, 0.1) is 5.82 Å². The number of rotatable bonds is 7. The number of carbonyl (C=O) groups is 2. The fraction of sp³-hybridized carbons (Fsp3) is 0.235. The van der Waals surface area contributed by atoms with Gasteiger partial charge in [0.05, 0.1) is 23.1 Å². The topological polar surface area (TPSA) is 123 Å². The summed E-state index contributed by atoms with van der Waals surface area (Å²) in [5.41, 5.74) is 0.417. The first-order valence-corrected chi connectivity index (χ1v) is 9.38. The van der Waals surface area contributed by atoms with Gasteiger partial charge >= 0.3 is 5.97 Å². The maximum Gasteiger partial charge on any atom is 0.303 e. The summed E-state index contributed by atoms with van der Waals surface area (Å²) in [5.74, 6) is -2.86. The number of ether oxygens (including phenoxy) is 1. The number of aliphatic hydroxyl groups is 1. The molecule has 2 rings (SSSR count). The van der Waals surface area contributed by atoms with Crippen LogP contribution >= 0.6 is 0 Å². The van der Waals surface area contributed by atoms with Crippen molar-refractivity contribution in [2.45, 2.75) is 19.6 Å². The number of hydrogen-bond donors (Lipinski definition) is 2. The van der Waals surface area contributed by atoms with Crippen LogP contribution < -0.4 is 4.72 Å². The van der Waals surface area contributed by atoms with Crippen molar-refractivity contribution in [2.75, 3.05) is 5.75 Å². The molecule has 0 aliphatic carbocycles. The number of benzene rings is 1. The summed E-state index contributed by atoms with van der Waals surface area (Å²) in [6.07, 6.45) is -0.373. The standard InChI is InChI=1S/C17H17FN2O6S/c1-11(21)26-9-15-6-5-13(8-19-15)17(23)20-27(24,25)10-16(22)12-3-2-4-14(18)7-12/h2-8,16,22H,9-10H2,1H3,(H,20,23). The molecule has 0 aliphatic rings. The molecule has 1 atom stereocenters. The Morgan fingerprint density at radius 1 is 1.30 bits per heavy atom. The maximum atomic E-state index is 13.2. The Balaban J connectivity index is 2.00. The van der Waals surface area contributed by atoms with Crippen LogP contribution in [0.1, 0.15) is 34.6 Å². The minimum Gasteiger partial charge on any atom is -0.459 e. The molecule has 10 heteroatoms. The zero-order chi connectivity index (χ0) is 20.0. The summed E-state index contributed by atoms with van der Waals surface area (Å²) in [4.78, 5) is 26.7. The predicted molar refractivity (Wildman–Crippen MR) is 92.3 cm³/mol. The molecule has 0 aliphatic heterocycles. The Morgan fingerprint density at radius 2 is 2.04 bits per heavy atom. The summed E-state index contributed by atoms with van der Waals surface area (Å²) in [5, 5.41) is 9.95. The largest absolute Gasteiger partial charge is 0.459 e. The highest BCUT2D eigenvalue weighted by Crippen LogP contribution is 2.16. The number of esters is 1. The second kappa shape index (κ2) is 8.69. The molecule has 8 nitrogen and oxygen atoms in total. The van der Waals surface area contributed by atoms with E-state index in [4.69, 9.17) is 4.74 Å². The van der Waals surface area contributed by atoms with E-state index < -0.39 is 39.6 Å². The lowest BCUT2D eigenvalue weighted by Crippen LogP contribution is -2.34. The van der Waals surface area contributed by atoms with Gasteiger partial charge < -0.3 is 9.84 Å². The third kappa shape index (κ3) is 6.42. The summed E-state index contributed by atoms with van der Waals surface area (Å²) in [6, 6.07) is 7.60. The van der Waals surface area contributed by atoms with Crippen molar-refractivity contribution in [1.29, 1.82) is 0 Å². The Bertz CT molecular complexity index is 931. The van der Waals surface area contributed by atoms with Crippen LogP contribution in [0.3, 0.4) is 0 Å². The first-order chi connectivity index (χ1) is 12.7. The molecule has 144 valence electrons. The van der Waals surface area contributed by atoms with Gasteiger partial charge in [0.25, 0.3) is 5.91 Å². The van der Waals surface area contributed by atoms with E-state index in [0.717, 1.165) is 18.3 Å². The van der Waals surface area contributed by atoms with E-state index in [0.29, 0.717) is 5.69 Å². The fourth-order valence-corrected chi connectivity index (χ4v) is 3.17. The number of amides is 1. The van der Waals surface area contributed by atoms with E-state index in [1.807, 2.05) is 4.72 Å². The van der Waals surface area contributed by atoms with E-state index >= 15 is 0 Å². The lowest BCUT2D eigenvalue weighted by molar-refractivity contribution is -0.142. The predicted octanol–water partition coefficient (Wildman–Crippen LogP) is 1.08. The van der Waals surface area contributed by atoms with Crippen LogP contribution in [-0.4, -0.2) is 36.1 Å². The van der Waals surface area contributed by atoms with Crippen LogP contribution in [0.5, 0.6) is 0 Å². The number of halogens is 1. The van der Waals surface area contributed by atoms with Crippen molar-refractivity contribution >= 4 is 21.9 Å². The van der Waals surface area contributed by atoms with Crippen LogP contribution in [0.2, 0.25) is 0 Å². The summed E-state index contributed by atoms with van der Waals surface area (Å²) >= 11 is 0. The van der Waals surface area contributed by atoms with Gasteiger partial charge in [0.15, 0.2) is 0 Å². The van der Waals surface area contributed by atoms with Crippen LogP contribution in [-0.2, 0) is 26.2 Å². The van der Waals surface area contributed by atoms with E-state index in [-0.39, 0.29) is 17.7 Å². The molecule has 0 radical (unpaired) electrons. The highest BCUT2D eigenvalue weighted by Gasteiger charge is 2.22. The van der Waals surface area contributed by atoms with Crippen molar-refractivity contribution in [3.63, 3.8) is 0 Å². The third-order valence-electron chi connectivity index (χ3n) is 3.37. The van der Waals surface area contributed by atoms with Gasteiger partial charge in [-0.25, -0.2) is 17.5 Å². The SMILES string of the molecule is CC(=O)OCc1ccc(C(=O)NS(=O)(=O)CC(O)c2cccc(F)c2)cn1. The van der Waals surface area contributed by atoms with Crippen molar-refractivity contribution in [3.8, 4) is 0 Å². The average Bonchev–Trinajstić information content (AvgIpc) is 2.59. The molecule has 0 saturated carbocycles. The van der Waals surface area contributed by atoms with E-state index in [9.17, 15) is 27.5 Å². The average molecular weight is 396 g/mol. The summed E-state index contributed by atoms with van der Waals surface area (Å²) in [7, 11) is -4.19. The number of pyridine rings is 1. The van der Waals surface area contributed by atoms with Crippen LogP contribution in [0.15, 0.2) is 42.6 Å². The van der Waals surface area contributed by atoms with Gasteiger partial charge in [-0.2, -0.15) is 0 Å². The van der Waals surface area contributed by atoms with E-state index in [1.54, 1.807) is 0 Å². The number of nitrogens with one attached hydrogen (secondary N) is 1. The molecule has 0 bridgehead atoms. The number of carbonyl (C=O) groups excluding carboxylic acids is 2. The molecule has 0 spiro atoms. The van der Waals surface area contributed by atoms with Crippen molar-refractivity contribution in [3.05, 3.63) is 65.2 Å². The number of nitrogens with zero attached hydrogens (tertiary/aromatic N) is 1. The second-order valence-corrected chi connectivity index (χ2v) is 7.37. The molecule has 1 amide bonds. The van der Waals surface area contributed by atoms with Crippen LogP contribution in [0.25, 0.3) is 0 Å². The fourth-order valence-electron chi connectivity index (χ4n) is 2.08. The normalized spacial score (nSPS) is 12.3. The molecule has 0 fully saturated rings. The van der Waals surface area contributed by atoms with Crippen molar-refractivity contribution < 1.29 is 32.2 Å². The number of sulfonamides is 1. The van der Waals surface area contributed by atoms with Crippen molar-refractivity contribution in [1.82, 2.24) is 9.71 Å². The maximum absolute atomic E-state index is 13.2. The monoisotopic (exact) mass is 396 g/mol. The Kier molecular flexibility index (Phi) is 6.59. The highest BCUT2D eigenvalue weighted by molar-refractivity contribution is 7.90. The van der Waals surface area contributed by atoms with Gasteiger partial charge in [0.2, 0.25) is 10.0 Å². The van der Waals surface area contributed by atoms with Gasteiger partial charge in [-0.3, -0.25) is 14.6 Å². The third-order valence-corrected chi connectivity index (χ3v) is 4.62. The molecule has 1 heterocycles. The smallest absolute Gasteiger partial charge is 0.303 e. The quantitative estimate of drug-likeness (QED) is 0.671. The number of hydrogen-bond acceptors (Lipinski definition) is 7. The zero-order valence-electron chi connectivity index (χ0n) is 14.3. The summed E-state index contributed by atoms with van der Waals surface area (Å²) in [6.45, 7) is 1.17. The molecule has 2 aromatic rings. The minimum atomic E-state index is -4.19. The molecule has 2 N–H and O–H groups in total. The van der Waals surface area contributed by atoms with Gasteiger partial charge in [0.1, 0.15) is 12.4 Å². The molecule has 27 heavy (non-hydrogen) atoms. The van der Waals surface area contributed by atoms with Gasteiger partial charge in [-0.15, -0.1) is 0 Å². The molecule has 1 aromatic heterocycles. The first kappa shape index (κ1) is 20.5. The number of aliphatic hydroxyl groups excluding tert-OH is 1.